The van der Waals surface area contributed by atoms with E-state index in [0.717, 1.165) is 37.2 Å². The largest absolute Gasteiger partial charge is 0.587 e. The topological polar surface area (TPSA) is 99.0 Å². The summed E-state index contributed by atoms with van der Waals surface area (Å²) in [5, 5.41) is 6.14. The van der Waals surface area contributed by atoms with E-state index in [9.17, 15) is 14.4 Å². The van der Waals surface area contributed by atoms with Crippen molar-refractivity contribution in [2.45, 2.75) is 25.2 Å². The van der Waals surface area contributed by atoms with Crippen LogP contribution in [0.3, 0.4) is 0 Å². The van der Waals surface area contributed by atoms with Crippen molar-refractivity contribution in [3.05, 3.63) is 76.6 Å². The van der Waals surface area contributed by atoms with Gasteiger partial charge in [-0.1, -0.05) is 36.9 Å². The molecule has 0 bridgehead atoms. The normalized spacial score (nSPS) is 20.2. The van der Waals surface area contributed by atoms with Crippen LogP contribution < -0.4 is 5.32 Å². The van der Waals surface area contributed by atoms with Crippen molar-refractivity contribution >= 4 is 23.4 Å². The Morgan fingerprint density at radius 1 is 1.03 bits per heavy atom. The molecule has 32 heavy (non-hydrogen) atoms. The number of ether oxygens (including phenoxy) is 2. The number of imide groups is 1. The summed E-state index contributed by atoms with van der Waals surface area (Å²) in [4.78, 5) is 36.3. The van der Waals surface area contributed by atoms with E-state index in [1.54, 1.807) is 24.3 Å². The Labute approximate surface area is 210 Å². The molecule has 1 spiro atoms. The summed E-state index contributed by atoms with van der Waals surface area (Å²) in [6, 6.07) is 12.7. The van der Waals surface area contributed by atoms with Crippen LogP contribution in [0.15, 0.2) is 42.5 Å². The number of nitrogens with zero attached hydrogens (tertiary/aromatic N) is 2. The number of likely N-dealkylation sites (tertiary alicyclic amines) is 1. The molecule has 0 atom stereocenters. The summed E-state index contributed by atoms with van der Waals surface area (Å²) in [5.41, 5.74) is 3.62. The van der Waals surface area contributed by atoms with Crippen molar-refractivity contribution in [1.29, 1.82) is 0 Å². The van der Waals surface area contributed by atoms with Gasteiger partial charge in [0.2, 0.25) is 0 Å². The van der Waals surface area contributed by atoms with Crippen LogP contribution in [0.4, 0.5) is 5.69 Å². The van der Waals surface area contributed by atoms with Gasteiger partial charge in [-0.25, -0.2) is 0 Å². The van der Waals surface area contributed by atoms with Crippen LogP contribution in [0.1, 0.15) is 44.7 Å². The molecule has 3 amide bonds. The van der Waals surface area contributed by atoms with Gasteiger partial charge in [0, 0.05) is 49.4 Å². The Balaban J connectivity index is 0.000000174. The molecule has 4 aliphatic heterocycles. The monoisotopic (exact) mass is 508 g/mol. The average molecular weight is 508 g/mol. The number of carbonyl (C=O) groups excluding carboxylic acids is 3. The number of fused-ring (bicyclic) bond motifs is 3. The van der Waals surface area contributed by atoms with E-state index >= 15 is 0 Å². The molecule has 2 fully saturated rings. The summed E-state index contributed by atoms with van der Waals surface area (Å²) < 4.78 is 11.4. The standard InChI is InChI=1S/C15H17N2O3.C8H5NO2.Y/c18-14-15(19-7-2-8-20-15)12-9-11(3-4-13(12)16-14)10-17-5-1-6-17;10-7-5-3-1-2-4-6(5)8(11)9-7;/h3-5,9H,1-2,6-8,10H2,(H,16,18);1-4H,(H,9,10,11);/q-1;;/p-1. The third kappa shape index (κ3) is 4.18. The van der Waals surface area contributed by atoms with E-state index in [-0.39, 0.29) is 38.6 Å². The van der Waals surface area contributed by atoms with Crippen LogP contribution in [-0.2, 0) is 59.3 Å². The molecule has 0 saturated carbocycles. The molecule has 2 saturated heterocycles. The molecule has 2 aromatic rings. The van der Waals surface area contributed by atoms with Gasteiger partial charge >= 0.3 is 0 Å². The molecule has 1 N–H and O–H groups in total. The first-order valence-corrected chi connectivity index (χ1v) is 10.3. The van der Waals surface area contributed by atoms with Crippen LogP contribution in [0.2, 0.25) is 0 Å². The molecule has 9 heteroatoms. The van der Waals surface area contributed by atoms with E-state index < -0.39 is 17.6 Å². The molecule has 0 aromatic heterocycles. The van der Waals surface area contributed by atoms with Crippen LogP contribution >= 0.6 is 0 Å². The minimum atomic E-state index is -1.22. The summed E-state index contributed by atoms with van der Waals surface area (Å²) >= 11 is 0. The Morgan fingerprint density at radius 3 is 2.28 bits per heavy atom. The Hall–Kier alpha value is -1.97. The predicted octanol–water partition coefficient (Wildman–Crippen LogP) is 2.95. The smallest absolute Gasteiger partial charge is 0.289 e. The predicted molar refractivity (Wildman–Crippen MR) is 111 cm³/mol. The molecule has 6 rings (SSSR count). The number of carbonyl (C=O) groups is 3. The summed E-state index contributed by atoms with van der Waals surface area (Å²) in [5.74, 6) is -2.28. The van der Waals surface area contributed by atoms with Crippen molar-refractivity contribution in [3.8, 4) is 0 Å². The van der Waals surface area contributed by atoms with Gasteiger partial charge in [0.25, 0.3) is 11.7 Å². The Kier molecular flexibility index (Phi) is 6.88. The summed E-state index contributed by atoms with van der Waals surface area (Å²) in [7, 11) is 0. The fraction of sp³-hybridized carbons (Fsp3) is 0.304. The van der Waals surface area contributed by atoms with Crippen molar-refractivity contribution < 1.29 is 56.6 Å². The quantitative estimate of drug-likeness (QED) is 0.495. The second-order valence-corrected chi connectivity index (χ2v) is 7.71. The molecule has 0 unspecified atom stereocenters. The number of hydrogen-bond acceptors (Lipinski definition) is 6. The number of rotatable bonds is 2. The maximum absolute atomic E-state index is 12.2. The second kappa shape index (κ2) is 9.49. The molecule has 163 valence electrons. The van der Waals surface area contributed by atoms with E-state index in [4.69, 9.17) is 9.47 Å². The van der Waals surface area contributed by atoms with Gasteiger partial charge in [-0.3, -0.25) is 11.3 Å². The number of anilines is 1. The molecule has 4 heterocycles. The molecule has 0 aliphatic carbocycles. The van der Waals surface area contributed by atoms with Crippen molar-refractivity contribution in [2.24, 2.45) is 0 Å². The number of nitrogens with one attached hydrogen (secondary N) is 1. The van der Waals surface area contributed by atoms with Crippen molar-refractivity contribution in [3.63, 3.8) is 0 Å². The summed E-state index contributed by atoms with van der Waals surface area (Å²) in [6.07, 6.45) is 1.98. The Bertz CT molecular complexity index is 1030. The molecule has 8 nitrogen and oxygen atoms in total. The third-order valence-electron chi connectivity index (χ3n) is 5.67. The van der Waals surface area contributed by atoms with E-state index in [0.29, 0.717) is 24.3 Å². The molecular formula is C23H21N3O5Y-2. The second-order valence-electron chi connectivity index (χ2n) is 7.71. The van der Waals surface area contributed by atoms with Crippen molar-refractivity contribution in [1.82, 2.24) is 4.90 Å². The first kappa shape index (κ1) is 23.2. The minimum absolute atomic E-state index is 0. The van der Waals surface area contributed by atoms with E-state index in [2.05, 4.69) is 22.1 Å². The van der Waals surface area contributed by atoms with Crippen LogP contribution in [-0.4, -0.2) is 42.4 Å². The molecule has 1 radical (unpaired) electrons. The zero-order valence-corrected chi connectivity index (χ0v) is 20.2. The fourth-order valence-corrected chi connectivity index (χ4v) is 3.98. The van der Waals surface area contributed by atoms with Gasteiger partial charge in [-0.15, -0.1) is 0 Å². The minimum Gasteiger partial charge on any atom is -0.587 e. The third-order valence-corrected chi connectivity index (χ3v) is 5.67. The molecular weight excluding hydrogens is 487 g/mol. The van der Waals surface area contributed by atoms with E-state index in [1.165, 1.54) is 5.56 Å². The van der Waals surface area contributed by atoms with Crippen LogP contribution in [0, 0.1) is 6.54 Å². The maximum atomic E-state index is 12.2. The van der Waals surface area contributed by atoms with Crippen LogP contribution in [0.25, 0.3) is 5.32 Å². The van der Waals surface area contributed by atoms with Gasteiger partial charge in [-0.05, 0) is 30.7 Å². The maximum Gasteiger partial charge on any atom is 0.289 e. The molecule has 2 aromatic carbocycles. The number of hydrogen-bond donors (Lipinski definition) is 1. The zero-order valence-electron chi connectivity index (χ0n) is 17.4. The average Bonchev–Trinajstić information content (AvgIpc) is 3.20. The first-order valence-electron chi connectivity index (χ1n) is 10.3. The van der Waals surface area contributed by atoms with Gasteiger partial charge < -0.3 is 34.6 Å². The molecule has 4 aliphatic rings. The summed E-state index contributed by atoms with van der Waals surface area (Å²) in [6.45, 7) is 5.28. The number of amides is 3. The SMILES string of the molecule is O=C1Nc2ccc(CN3[CH-]CC3)cc2C12OCCCO2.O=C1[N-]C(=O)c2ccccc21.[Y]. The van der Waals surface area contributed by atoms with Crippen molar-refractivity contribution in [2.75, 3.05) is 25.1 Å². The van der Waals surface area contributed by atoms with Gasteiger partial charge in [0.05, 0.1) is 30.7 Å². The fourth-order valence-electron chi connectivity index (χ4n) is 3.98. The van der Waals surface area contributed by atoms with E-state index in [1.807, 2.05) is 18.2 Å². The Morgan fingerprint density at radius 2 is 1.69 bits per heavy atom. The van der Waals surface area contributed by atoms with Gasteiger partial charge in [0.1, 0.15) is 0 Å². The first-order chi connectivity index (χ1) is 15.1. The van der Waals surface area contributed by atoms with Gasteiger partial charge in [-0.2, -0.15) is 6.42 Å². The van der Waals surface area contributed by atoms with Gasteiger partial charge in [0.15, 0.2) is 0 Å². The zero-order chi connectivity index (χ0) is 21.4. The number of benzene rings is 2. The van der Waals surface area contributed by atoms with Crippen LogP contribution in [0.5, 0.6) is 0 Å².